The monoisotopic (exact) mass is 290 g/mol. The summed E-state index contributed by atoms with van der Waals surface area (Å²) in [6.45, 7) is 4.48. The number of nitrogens with one attached hydrogen (secondary N) is 1. The lowest BCUT2D eigenvalue weighted by Crippen LogP contribution is -2.45. The Balaban J connectivity index is 2.42. The van der Waals surface area contributed by atoms with Crippen molar-refractivity contribution in [1.29, 1.82) is 0 Å². The summed E-state index contributed by atoms with van der Waals surface area (Å²) in [5.41, 5.74) is -1.08. The van der Waals surface area contributed by atoms with Crippen LogP contribution in [0, 0.1) is 5.82 Å². The van der Waals surface area contributed by atoms with E-state index in [1.165, 1.54) is 0 Å². The summed E-state index contributed by atoms with van der Waals surface area (Å²) in [5, 5.41) is 3.15. The molecule has 0 saturated carbocycles. The topological polar surface area (TPSA) is 15.3 Å². The average molecular weight is 290 g/mol. The summed E-state index contributed by atoms with van der Waals surface area (Å²) in [6.07, 6.45) is -4.08. The Morgan fingerprint density at radius 1 is 1.25 bits per heavy atom. The maximum Gasteiger partial charge on any atom is 0.416 e. The molecular formula is C14H18F4N2. The van der Waals surface area contributed by atoms with Crippen molar-refractivity contribution in [3.05, 3.63) is 35.1 Å². The molecule has 0 amide bonds. The molecule has 0 unspecified atom stereocenters. The van der Waals surface area contributed by atoms with Gasteiger partial charge in [0.25, 0.3) is 0 Å². The average Bonchev–Trinajstić information content (AvgIpc) is 2.41. The molecule has 112 valence electrons. The van der Waals surface area contributed by atoms with E-state index in [-0.39, 0.29) is 5.56 Å². The van der Waals surface area contributed by atoms with Crippen molar-refractivity contribution in [1.82, 2.24) is 10.2 Å². The highest BCUT2D eigenvalue weighted by molar-refractivity contribution is 5.34. The van der Waals surface area contributed by atoms with Crippen LogP contribution in [0.4, 0.5) is 17.6 Å². The van der Waals surface area contributed by atoms with Crippen LogP contribution in [0.3, 0.4) is 0 Å². The van der Waals surface area contributed by atoms with Gasteiger partial charge in [-0.25, -0.2) is 4.39 Å². The van der Waals surface area contributed by atoms with Crippen LogP contribution in [0.25, 0.3) is 0 Å². The zero-order chi connectivity index (χ0) is 14.8. The molecule has 0 spiro atoms. The second-order valence-electron chi connectivity index (χ2n) is 4.91. The number of piperazine rings is 1. The van der Waals surface area contributed by atoms with Gasteiger partial charge in [0.1, 0.15) is 5.82 Å². The molecule has 0 bridgehead atoms. The van der Waals surface area contributed by atoms with E-state index in [0.717, 1.165) is 18.2 Å². The second-order valence-corrected chi connectivity index (χ2v) is 4.91. The highest BCUT2D eigenvalue weighted by Gasteiger charge is 2.37. The molecule has 1 atom stereocenters. The summed E-state index contributed by atoms with van der Waals surface area (Å²) in [5.74, 6) is -0.773. The molecule has 1 fully saturated rings. The quantitative estimate of drug-likeness (QED) is 0.860. The minimum absolute atomic E-state index is 0.218. The second kappa shape index (κ2) is 6.10. The molecule has 1 heterocycles. The van der Waals surface area contributed by atoms with Crippen LogP contribution < -0.4 is 5.32 Å². The Morgan fingerprint density at radius 2 is 1.90 bits per heavy atom. The maximum absolute atomic E-state index is 14.0. The van der Waals surface area contributed by atoms with Gasteiger partial charge in [0.05, 0.1) is 5.56 Å². The van der Waals surface area contributed by atoms with E-state index in [1.54, 1.807) is 6.92 Å². The van der Waals surface area contributed by atoms with E-state index in [9.17, 15) is 17.6 Å². The molecule has 1 aromatic rings. The lowest BCUT2D eigenvalue weighted by molar-refractivity contribution is -0.139. The van der Waals surface area contributed by atoms with Crippen LogP contribution in [0.1, 0.15) is 30.5 Å². The largest absolute Gasteiger partial charge is 0.416 e. The number of hydrogen-bond donors (Lipinski definition) is 1. The Morgan fingerprint density at radius 3 is 2.45 bits per heavy atom. The van der Waals surface area contributed by atoms with Gasteiger partial charge in [-0.05, 0) is 18.6 Å². The number of halogens is 4. The minimum Gasteiger partial charge on any atom is -0.314 e. The van der Waals surface area contributed by atoms with Crippen LogP contribution in [-0.4, -0.2) is 31.1 Å². The Bertz CT molecular complexity index is 453. The third-order valence-electron chi connectivity index (χ3n) is 3.67. The first-order valence-electron chi connectivity index (χ1n) is 6.75. The summed E-state index contributed by atoms with van der Waals surface area (Å²) in [4.78, 5) is 1.92. The molecule has 2 rings (SSSR count). The van der Waals surface area contributed by atoms with E-state index in [0.29, 0.717) is 32.6 Å². The van der Waals surface area contributed by atoms with Gasteiger partial charge in [-0.3, -0.25) is 4.90 Å². The van der Waals surface area contributed by atoms with Crippen molar-refractivity contribution in [2.75, 3.05) is 26.2 Å². The number of alkyl halides is 3. The molecule has 1 aliphatic heterocycles. The predicted octanol–water partition coefficient (Wildman–Crippen LogP) is 3.20. The fourth-order valence-electron chi connectivity index (χ4n) is 2.76. The van der Waals surface area contributed by atoms with Crippen LogP contribution in [0.2, 0.25) is 0 Å². The maximum atomic E-state index is 14.0. The van der Waals surface area contributed by atoms with Crippen molar-refractivity contribution < 1.29 is 17.6 Å². The highest BCUT2D eigenvalue weighted by Crippen LogP contribution is 2.38. The SMILES string of the molecule is CC[C@@H](c1c(F)cccc1C(F)(F)F)N1CCNCC1. The van der Waals surface area contributed by atoms with Crippen molar-refractivity contribution in [2.24, 2.45) is 0 Å². The summed E-state index contributed by atoms with van der Waals surface area (Å²) in [7, 11) is 0. The van der Waals surface area contributed by atoms with E-state index < -0.39 is 23.6 Å². The summed E-state index contributed by atoms with van der Waals surface area (Å²) in [6, 6.07) is 2.65. The highest BCUT2D eigenvalue weighted by atomic mass is 19.4. The predicted molar refractivity (Wildman–Crippen MR) is 68.9 cm³/mol. The lowest BCUT2D eigenvalue weighted by Gasteiger charge is -2.36. The molecule has 1 aromatic carbocycles. The van der Waals surface area contributed by atoms with Crippen molar-refractivity contribution >= 4 is 0 Å². The van der Waals surface area contributed by atoms with Gasteiger partial charge < -0.3 is 5.32 Å². The first kappa shape index (κ1) is 15.3. The van der Waals surface area contributed by atoms with E-state index >= 15 is 0 Å². The van der Waals surface area contributed by atoms with E-state index in [2.05, 4.69) is 5.32 Å². The number of hydrogen-bond acceptors (Lipinski definition) is 2. The number of benzene rings is 1. The zero-order valence-electron chi connectivity index (χ0n) is 11.3. The molecule has 1 saturated heterocycles. The van der Waals surface area contributed by atoms with Gasteiger partial charge in [0.15, 0.2) is 0 Å². The molecule has 1 aliphatic rings. The molecule has 6 heteroatoms. The van der Waals surface area contributed by atoms with Gasteiger partial charge in [-0.1, -0.05) is 13.0 Å². The van der Waals surface area contributed by atoms with Gasteiger partial charge in [-0.2, -0.15) is 13.2 Å². The molecule has 2 nitrogen and oxygen atoms in total. The minimum atomic E-state index is -4.53. The summed E-state index contributed by atoms with van der Waals surface area (Å²) >= 11 is 0. The van der Waals surface area contributed by atoms with Crippen molar-refractivity contribution in [3.8, 4) is 0 Å². The van der Waals surface area contributed by atoms with Gasteiger partial charge in [0, 0.05) is 37.8 Å². The van der Waals surface area contributed by atoms with Crippen LogP contribution in [0.15, 0.2) is 18.2 Å². The molecule has 0 aliphatic carbocycles. The van der Waals surface area contributed by atoms with E-state index in [4.69, 9.17) is 0 Å². The normalized spacial score (nSPS) is 19.1. The third-order valence-corrected chi connectivity index (χ3v) is 3.67. The number of nitrogens with zero attached hydrogens (tertiary/aromatic N) is 1. The first-order valence-corrected chi connectivity index (χ1v) is 6.75. The molecule has 0 radical (unpaired) electrons. The van der Waals surface area contributed by atoms with Gasteiger partial charge in [-0.15, -0.1) is 0 Å². The van der Waals surface area contributed by atoms with Crippen LogP contribution >= 0.6 is 0 Å². The van der Waals surface area contributed by atoms with Crippen LogP contribution in [0.5, 0.6) is 0 Å². The Hall–Kier alpha value is -1.14. The van der Waals surface area contributed by atoms with Crippen molar-refractivity contribution in [2.45, 2.75) is 25.6 Å². The van der Waals surface area contributed by atoms with E-state index in [1.807, 2.05) is 4.90 Å². The summed E-state index contributed by atoms with van der Waals surface area (Å²) < 4.78 is 53.3. The first-order chi connectivity index (χ1) is 9.45. The van der Waals surface area contributed by atoms with Crippen molar-refractivity contribution in [3.63, 3.8) is 0 Å². The molecule has 1 N–H and O–H groups in total. The Labute approximate surface area is 115 Å². The fourth-order valence-corrected chi connectivity index (χ4v) is 2.76. The molecule has 0 aromatic heterocycles. The smallest absolute Gasteiger partial charge is 0.314 e. The third kappa shape index (κ3) is 3.12. The van der Waals surface area contributed by atoms with Gasteiger partial charge in [0.2, 0.25) is 0 Å². The zero-order valence-corrected chi connectivity index (χ0v) is 11.3. The van der Waals surface area contributed by atoms with Crippen LogP contribution in [-0.2, 0) is 6.18 Å². The standard InChI is InChI=1S/C14H18F4N2/c1-2-12(20-8-6-19-7-9-20)13-10(14(16,17)18)4-3-5-11(13)15/h3-5,12,19H,2,6-9H2,1H3/t12-/m0/s1. The fraction of sp³-hybridized carbons (Fsp3) is 0.571. The molecule has 20 heavy (non-hydrogen) atoms. The number of rotatable bonds is 3. The Kier molecular flexibility index (Phi) is 4.65. The molecular weight excluding hydrogens is 272 g/mol. The lowest BCUT2D eigenvalue weighted by atomic mass is 9.95. The van der Waals surface area contributed by atoms with Gasteiger partial charge >= 0.3 is 6.18 Å².